The van der Waals surface area contributed by atoms with Crippen molar-refractivity contribution in [3.8, 4) is 16.8 Å². The van der Waals surface area contributed by atoms with E-state index >= 15 is 0 Å². The maximum Gasteiger partial charge on any atom is 0.227 e. The number of aromatic nitrogens is 1. The van der Waals surface area contributed by atoms with Gasteiger partial charge in [0.05, 0.1) is 29.3 Å². The molecule has 2 heterocycles. The number of para-hydroxylation sites is 2. The molecule has 1 N–H and O–H groups in total. The topological polar surface area (TPSA) is 99.2 Å². The zero-order chi connectivity index (χ0) is 23.0. The Morgan fingerprint density at radius 3 is 2.61 bits per heavy atom. The Bertz CT molecular complexity index is 1260. The van der Waals surface area contributed by atoms with E-state index in [2.05, 4.69) is 16.4 Å². The van der Waals surface area contributed by atoms with Crippen LogP contribution < -0.4 is 10.2 Å². The van der Waals surface area contributed by atoms with Crippen LogP contribution in [0, 0.1) is 11.3 Å². The van der Waals surface area contributed by atoms with Crippen molar-refractivity contribution in [2.45, 2.75) is 25.8 Å². The Hall–Kier alpha value is -3.96. The molecule has 0 aliphatic rings. The van der Waals surface area contributed by atoms with E-state index in [1.54, 1.807) is 16.2 Å². The van der Waals surface area contributed by atoms with E-state index in [0.29, 0.717) is 18.1 Å². The van der Waals surface area contributed by atoms with Crippen LogP contribution >= 0.6 is 11.3 Å². The first-order valence-corrected chi connectivity index (χ1v) is 11.4. The van der Waals surface area contributed by atoms with Crippen LogP contribution in [0.15, 0.2) is 71.1 Å². The van der Waals surface area contributed by atoms with Crippen LogP contribution in [0.25, 0.3) is 21.0 Å². The fourth-order valence-electron chi connectivity index (χ4n) is 3.36. The molecule has 0 atom stereocenters. The lowest BCUT2D eigenvalue weighted by molar-refractivity contribution is -0.125. The second-order valence-electron chi connectivity index (χ2n) is 7.32. The molecule has 8 heteroatoms. The van der Waals surface area contributed by atoms with Gasteiger partial charge in [-0.15, -0.1) is 11.3 Å². The lowest BCUT2D eigenvalue weighted by Gasteiger charge is -2.21. The average Bonchev–Trinajstić information content (AvgIpc) is 3.49. The van der Waals surface area contributed by atoms with Gasteiger partial charge in [0.1, 0.15) is 5.76 Å². The maximum absolute atomic E-state index is 12.7. The zero-order valence-electron chi connectivity index (χ0n) is 17.9. The number of hydrogen-bond donors (Lipinski definition) is 1. The first kappa shape index (κ1) is 22.2. The Labute approximate surface area is 195 Å². The number of hydrogen-bond acceptors (Lipinski definition) is 6. The highest BCUT2D eigenvalue weighted by molar-refractivity contribution is 7.21. The number of rotatable bonds is 9. The summed E-state index contributed by atoms with van der Waals surface area (Å²) in [6.07, 6.45) is 0.337. The zero-order valence-corrected chi connectivity index (χ0v) is 18.7. The van der Waals surface area contributed by atoms with E-state index in [-0.39, 0.29) is 37.6 Å². The molecule has 166 valence electrons. The highest BCUT2D eigenvalue weighted by Gasteiger charge is 2.17. The molecule has 0 radical (unpaired) electrons. The van der Waals surface area contributed by atoms with Crippen molar-refractivity contribution in [3.05, 3.63) is 72.5 Å². The molecule has 0 fully saturated rings. The van der Waals surface area contributed by atoms with Gasteiger partial charge in [-0.05, 0) is 36.4 Å². The molecule has 0 aliphatic carbocycles. The molecule has 2 amide bonds. The second-order valence-corrected chi connectivity index (χ2v) is 8.35. The summed E-state index contributed by atoms with van der Waals surface area (Å²) in [7, 11) is 0. The molecule has 4 rings (SSSR count). The van der Waals surface area contributed by atoms with Gasteiger partial charge in [-0.1, -0.05) is 30.3 Å². The minimum absolute atomic E-state index is 0.0557. The van der Waals surface area contributed by atoms with E-state index in [4.69, 9.17) is 9.68 Å². The number of nitrogens with one attached hydrogen (secondary N) is 1. The predicted octanol–water partition coefficient (Wildman–Crippen LogP) is 4.90. The van der Waals surface area contributed by atoms with Crippen molar-refractivity contribution in [3.63, 3.8) is 0 Å². The van der Waals surface area contributed by atoms with Gasteiger partial charge in [0.15, 0.2) is 10.8 Å². The SMILES string of the molecule is N#CCCN(C(=O)CCC(=O)NCc1ccc(-c2nc3ccccc3s2)o1)c1ccccc1. The highest BCUT2D eigenvalue weighted by Crippen LogP contribution is 2.31. The normalized spacial score (nSPS) is 10.6. The van der Waals surface area contributed by atoms with Crippen molar-refractivity contribution in [2.24, 2.45) is 0 Å². The number of carbonyl (C=O) groups excluding carboxylic acids is 2. The highest BCUT2D eigenvalue weighted by atomic mass is 32.1. The molecular weight excluding hydrogens is 436 g/mol. The third kappa shape index (κ3) is 5.64. The van der Waals surface area contributed by atoms with Crippen molar-refractivity contribution in [2.75, 3.05) is 11.4 Å². The smallest absolute Gasteiger partial charge is 0.227 e. The van der Waals surface area contributed by atoms with Gasteiger partial charge in [0, 0.05) is 25.1 Å². The van der Waals surface area contributed by atoms with E-state index in [1.807, 2.05) is 66.7 Å². The van der Waals surface area contributed by atoms with E-state index in [9.17, 15) is 9.59 Å². The lowest BCUT2D eigenvalue weighted by Crippen LogP contribution is -2.33. The van der Waals surface area contributed by atoms with Gasteiger partial charge in [0.2, 0.25) is 11.8 Å². The largest absolute Gasteiger partial charge is 0.457 e. The van der Waals surface area contributed by atoms with Gasteiger partial charge >= 0.3 is 0 Å². The summed E-state index contributed by atoms with van der Waals surface area (Å²) < 4.78 is 6.93. The fourth-order valence-corrected chi connectivity index (χ4v) is 4.29. The van der Waals surface area contributed by atoms with Gasteiger partial charge in [-0.3, -0.25) is 9.59 Å². The first-order valence-electron chi connectivity index (χ1n) is 10.6. The number of thiazole rings is 1. The molecule has 0 saturated carbocycles. The van der Waals surface area contributed by atoms with Gasteiger partial charge in [-0.2, -0.15) is 5.26 Å². The molecular formula is C25H22N4O3S. The van der Waals surface area contributed by atoms with Crippen molar-refractivity contribution >= 4 is 39.1 Å². The molecule has 33 heavy (non-hydrogen) atoms. The molecule has 0 spiro atoms. The molecule has 0 unspecified atom stereocenters. The second kappa shape index (κ2) is 10.6. The van der Waals surface area contributed by atoms with Crippen LogP contribution in [-0.2, 0) is 16.1 Å². The van der Waals surface area contributed by atoms with E-state index in [1.165, 1.54) is 0 Å². The van der Waals surface area contributed by atoms with Crippen LogP contribution in [-0.4, -0.2) is 23.3 Å². The van der Waals surface area contributed by atoms with Crippen molar-refractivity contribution in [1.29, 1.82) is 5.26 Å². The molecule has 2 aromatic carbocycles. The Morgan fingerprint density at radius 2 is 1.82 bits per heavy atom. The summed E-state index contributed by atoms with van der Waals surface area (Å²) in [5, 5.41) is 12.5. The van der Waals surface area contributed by atoms with Gasteiger partial charge in [0.25, 0.3) is 0 Å². The minimum atomic E-state index is -0.241. The van der Waals surface area contributed by atoms with Gasteiger partial charge < -0.3 is 14.6 Å². The number of fused-ring (bicyclic) bond motifs is 1. The third-order valence-electron chi connectivity index (χ3n) is 5.01. The summed E-state index contributed by atoms with van der Waals surface area (Å²) >= 11 is 1.55. The Balaban J connectivity index is 1.29. The Morgan fingerprint density at radius 1 is 1.03 bits per heavy atom. The number of carbonyl (C=O) groups is 2. The summed E-state index contributed by atoms with van der Waals surface area (Å²) in [5.41, 5.74) is 1.64. The van der Waals surface area contributed by atoms with Crippen molar-refractivity contribution < 1.29 is 14.0 Å². The quantitative estimate of drug-likeness (QED) is 0.385. The summed E-state index contributed by atoms with van der Waals surface area (Å²) in [6, 6.07) is 22.8. The number of benzene rings is 2. The lowest BCUT2D eigenvalue weighted by atomic mass is 10.2. The molecule has 0 bridgehead atoms. The molecule has 0 aliphatic heterocycles. The summed E-state index contributed by atoms with van der Waals surface area (Å²) in [4.78, 5) is 31.1. The number of furan rings is 1. The van der Waals surface area contributed by atoms with Crippen LogP contribution in [0.5, 0.6) is 0 Å². The predicted molar refractivity (Wildman–Crippen MR) is 127 cm³/mol. The maximum atomic E-state index is 12.7. The molecule has 4 aromatic rings. The number of nitrogens with zero attached hydrogens (tertiary/aromatic N) is 3. The molecule has 0 saturated heterocycles. The third-order valence-corrected chi connectivity index (χ3v) is 6.06. The standard InChI is InChI=1S/C25H22N4O3S/c26-15-6-16-29(18-7-2-1-3-8-18)24(31)14-13-23(30)27-17-19-11-12-21(32-19)25-28-20-9-4-5-10-22(20)33-25/h1-5,7-12H,6,13-14,16-17H2,(H,27,30). The van der Waals surface area contributed by atoms with Crippen molar-refractivity contribution in [1.82, 2.24) is 10.3 Å². The first-order chi connectivity index (χ1) is 16.1. The average molecular weight is 459 g/mol. The molecule has 2 aromatic heterocycles. The number of anilines is 1. The van der Waals surface area contributed by atoms with Crippen LogP contribution in [0.4, 0.5) is 5.69 Å². The van der Waals surface area contributed by atoms with Gasteiger partial charge in [-0.25, -0.2) is 4.98 Å². The summed E-state index contributed by atoms with van der Waals surface area (Å²) in [5.74, 6) is 0.841. The summed E-state index contributed by atoms with van der Waals surface area (Å²) in [6.45, 7) is 0.524. The van der Waals surface area contributed by atoms with E-state index < -0.39 is 0 Å². The van der Waals surface area contributed by atoms with Crippen LogP contribution in [0.2, 0.25) is 0 Å². The number of amides is 2. The monoisotopic (exact) mass is 458 g/mol. The van der Waals surface area contributed by atoms with Crippen LogP contribution in [0.1, 0.15) is 25.0 Å². The number of nitriles is 1. The van der Waals surface area contributed by atoms with E-state index in [0.717, 1.165) is 20.9 Å². The minimum Gasteiger partial charge on any atom is -0.457 e. The molecule has 7 nitrogen and oxygen atoms in total. The van der Waals surface area contributed by atoms with Crippen LogP contribution in [0.3, 0.4) is 0 Å². The fraction of sp³-hybridized carbons (Fsp3) is 0.200. The Kier molecular flexibility index (Phi) is 7.12.